The van der Waals surface area contributed by atoms with Crippen molar-refractivity contribution in [3.63, 3.8) is 0 Å². The molecule has 0 aromatic heterocycles. The molecule has 0 N–H and O–H groups in total. The largest absolute Gasteiger partial charge is 0.407 e. The number of hydrogen-bond acceptors (Lipinski definition) is 1. The van der Waals surface area contributed by atoms with Crippen molar-refractivity contribution in [3.8, 4) is 17.8 Å². The summed E-state index contributed by atoms with van der Waals surface area (Å²) in [5.74, 6) is 3.33. The molecule has 0 heterocycles. The minimum absolute atomic E-state index is 0.689. The molecule has 0 aliphatic heterocycles. The van der Waals surface area contributed by atoms with Crippen molar-refractivity contribution in [2.75, 3.05) is 0 Å². The summed E-state index contributed by atoms with van der Waals surface area (Å²) in [6, 6.07) is 7.46. The summed E-state index contributed by atoms with van der Waals surface area (Å²) >= 11 is 0. The molecular weight excluding hydrogens is 148 g/mol. The van der Waals surface area contributed by atoms with Gasteiger partial charge in [-0.1, -0.05) is 36.8 Å². The van der Waals surface area contributed by atoms with Gasteiger partial charge in [0, 0.05) is 12.5 Å². The number of ether oxygens (including phenoxy) is 1. The van der Waals surface area contributed by atoms with Crippen LogP contribution in [0.2, 0.25) is 0 Å². The standard InChI is InChI=1S/C11H9O/c1-3-9-12-11-8-6-5-7-10(11)4-2/h2,4-8H,1H3. The molecule has 0 aliphatic rings. The van der Waals surface area contributed by atoms with Crippen LogP contribution in [0.5, 0.6) is 5.75 Å². The summed E-state index contributed by atoms with van der Waals surface area (Å²) in [4.78, 5) is 0. The first kappa shape index (κ1) is 8.42. The first-order valence-corrected chi connectivity index (χ1v) is 3.61. The zero-order valence-corrected chi connectivity index (χ0v) is 6.87. The Bertz CT molecular complexity index is 328. The Kier molecular flexibility index (Phi) is 2.98. The monoisotopic (exact) mass is 157 g/mol. The smallest absolute Gasteiger partial charge is 0.147 e. The van der Waals surface area contributed by atoms with E-state index in [0.29, 0.717) is 5.75 Å². The van der Waals surface area contributed by atoms with Crippen LogP contribution in [0.25, 0.3) is 6.08 Å². The first-order valence-electron chi connectivity index (χ1n) is 3.61. The van der Waals surface area contributed by atoms with Gasteiger partial charge in [0.05, 0.1) is 0 Å². The second-order valence-corrected chi connectivity index (χ2v) is 2.16. The van der Waals surface area contributed by atoms with Crippen molar-refractivity contribution in [3.05, 3.63) is 36.4 Å². The third kappa shape index (κ3) is 1.90. The molecule has 0 spiro atoms. The van der Waals surface area contributed by atoms with E-state index in [0.717, 1.165) is 5.56 Å². The van der Waals surface area contributed by atoms with Crippen molar-refractivity contribution in [2.45, 2.75) is 6.92 Å². The van der Waals surface area contributed by atoms with E-state index in [9.17, 15) is 0 Å². The lowest BCUT2D eigenvalue weighted by molar-refractivity contribution is 0.518. The highest BCUT2D eigenvalue weighted by atomic mass is 16.5. The summed E-state index contributed by atoms with van der Waals surface area (Å²) in [7, 11) is 0. The number of hydrogen-bond donors (Lipinski definition) is 0. The van der Waals surface area contributed by atoms with E-state index in [-0.39, 0.29) is 0 Å². The molecular formula is C11H9O. The van der Waals surface area contributed by atoms with Gasteiger partial charge in [-0.15, -0.1) is 0 Å². The SMILES string of the molecule is [CH]=Cc1ccccc1OC#CC. The molecule has 0 fully saturated rings. The molecule has 0 saturated heterocycles. The van der Waals surface area contributed by atoms with Gasteiger partial charge >= 0.3 is 0 Å². The molecule has 0 atom stereocenters. The normalized spacial score (nSPS) is 8.08. The van der Waals surface area contributed by atoms with Gasteiger partial charge in [0.2, 0.25) is 0 Å². The van der Waals surface area contributed by atoms with Gasteiger partial charge in [-0.3, -0.25) is 0 Å². The van der Waals surface area contributed by atoms with Crippen LogP contribution < -0.4 is 4.74 Å². The van der Waals surface area contributed by atoms with Gasteiger partial charge in [-0.2, -0.15) is 0 Å². The lowest BCUT2D eigenvalue weighted by Gasteiger charge is -2.00. The van der Waals surface area contributed by atoms with Crippen molar-refractivity contribution in [1.29, 1.82) is 0 Å². The van der Waals surface area contributed by atoms with E-state index in [4.69, 9.17) is 11.3 Å². The van der Waals surface area contributed by atoms with E-state index in [2.05, 4.69) is 12.0 Å². The summed E-state index contributed by atoms with van der Waals surface area (Å²) in [6.45, 7) is 7.09. The molecule has 1 rings (SSSR count). The average molecular weight is 157 g/mol. The van der Waals surface area contributed by atoms with Crippen LogP contribution in [0, 0.1) is 18.6 Å². The Morgan fingerprint density at radius 2 is 2.17 bits per heavy atom. The van der Waals surface area contributed by atoms with E-state index in [1.807, 2.05) is 24.3 Å². The summed E-state index contributed by atoms with van der Waals surface area (Å²) in [5.41, 5.74) is 0.847. The Labute approximate surface area is 72.7 Å². The molecule has 1 heteroatoms. The minimum Gasteiger partial charge on any atom is -0.407 e. The minimum atomic E-state index is 0.689. The van der Waals surface area contributed by atoms with Crippen LogP contribution in [0.1, 0.15) is 12.5 Å². The van der Waals surface area contributed by atoms with Crippen molar-refractivity contribution < 1.29 is 4.74 Å². The van der Waals surface area contributed by atoms with Crippen LogP contribution >= 0.6 is 0 Å². The van der Waals surface area contributed by atoms with Gasteiger partial charge < -0.3 is 4.74 Å². The van der Waals surface area contributed by atoms with Crippen LogP contribution in [0.4, 0.5) is 0 Å². The zero-order chi connectivity index (χ0) is 8.81. The fourth-order valence-electron chi connectivity index (χ4n) is 0.817. The highest BCUT2D eigenvalue weighted by Crippen LogP contribution is 2.17. The second-order valence-electron chi connectivity index (χ2n) is 2.16. The maximum absolute atomic E-state index is 5.37. The van der Waals surface area contributed by atoms with E-state index >= 15 is 0 Å². The number of para-hydroxylation sites is 1. The Morgan fingerprint density at radius 1 is 1.42 bits per heavy atom. The number of benzene rings is 1. The van der Waals surface area contributed by atoms with Gasteiger partial charge in [-0.25, -0.2) is 0 Å². The van der Waals surface area contributed by atoms with Crippen molar-refractivity contribution >= 4 is 6.08 Å². The number of rotatable bonds is 2. The average Bonchev–Trinajstić information content (AvgIpc) is 2.15. The Balaban J connectivity index is 2.94. The second kappa shape index (κ2) is 4.25. The van der Waals surface area contributed by atoms with E-state index < -0.39 is 0 Å². The van der Waals surface area contributed by atoms with Gasteiger partial charge in [0.1, 0.15) is 11.9 Å². The van der Waals surface area contributed by atoms with Gasteiger partial charge in [0.15, 0.2) is 0 Å². The predicted octanol–water partition coefficient (Wildman–Crippen LogP) is 2.49. The van der Waals surface area contributed by atoms with E-state index in [1.54, 1.807) is 6.92 Å². The predicted molar refractivity (Wildman–Crippen MR) is 49.3 cm³/mol. The van der Waals surface area contributed by atoms with E-state index in [1.165, 1.54) is 6.08 Å². The molecule has 1 nitrogen and oxygen atoms in total. The molecule has 0 bridgehead atoms. The topological polar surface area (TPSA) is 9.23 Å². The Morgan fingerprint density at radius 3 is 2.83 bits per heavy atom. The third-order valence-electron chi connectivity index (χ3n) is 1.36. The van der Waals surface area contributed by atoms with Crippen LogP contribution in [-0.4, -0.2) is 0 Å². The zero-order valence-electron chi connectivity index (χ0n) is 6.87. The molecule has 1 radical (unpaired) electrons. The molecule has 0 aliphatic carbocycles. The molecule has 1 aromatic rings. The van der Waals surface area contributed by atoms with Crippen LogP contribution in [0.3, 0.4) is 0 Å². The van der Waals surface area contributed by atoms with Crippen LogP contribution in [-0.2, 0) is 0 Å². The highest BCUT2D eigenvalue weighted by Gasteiger charge is 1.95. The molecule has 0 saturated carbocycles. The Hall–Kier alpha value is -1.68. The maximum Gasteiger partial charge on any atom is 0.147 e. The maximum atomic E-state index is 5.37. The highest BCUT2D eigenvalue weighted by molar-refractivity contribution is 5.54. The molecule has 59 valence electrons. The molecule has 1 aromatic carbocycles. The summed E-state index contributed by atoms with van der Waals surface area (Å²) < 4.78 is 5.10. The summed E-state index contributed by atoms with van der Waals surface area (Å²) in [5, 5.41) is 0. The summed E-state index contributed by atoms with van der Waals surface area (Å²) in [6.07, 6.45) is 4.01. The lowest BCUT2D eigenvalue weighted by atomic mass is 10.2. The third-order valence-corrected chi connectivity index (χ3v) is 1.36. The lowest BCUT2D eigenvalue weighted by Crippen LogP contribution is -1.84. The molecule has 0 unspecified atom stereocenters. The fraction of sp³-hybridized carbons (Fsp3) is 0.0909. The quantitative estimate of drug-likeness (QED) is 0.599. The fourth-order valence-corrected chi connectivity index (χ4v) is 0.817. The first-order chi connectivity index (χ1) is 5.88. The van der Waals surface area contributed by atoms with Gasteiger partial charge in [-0.05, 0) is 6.07 Å². The molecule has 0 amide bonds. The van der Waals surface area contributed by atoms with Gasteiger partial charge in [0.25, 0.3) is 0 Å². The molecule has 12 heavy (non-hydrogen) atoms. The van der Waals surface area contributed by atoms with Crippen LogP contribution in [0.15, 0.2) is 24.3 Å². The van der Waals surface area contributed by atoms with Crippen molar-refractivity contribution in [2.24, 2.45) is 0 Å². The van der Waals surface area contributed by atoms with Crippen molar-refractivity contribution in [1.82, 2.24) is 0 Å².